The summed E-state index contributed by atoms with van der Waals surface area (Å²) in [6, 6.07) is 12.8. The maximum Gasteiger partial charge on any atom is 0.0941 e. The Kier molecular flexibility index (Phi) is 4.59. The Morgan fingerprint density at radius 2 is 1.77 bits per heavy atom. The molecule has 2 saturated heterocycles. The molecule has 0 bridgehead atoms. The van der Waals surface area contributed by atoms with Gasteiger partial charge in [-0.25, -0.2) is 0 Å². The number of para-hydroxylation sites is 1. The van der Waals surface area contributed by atoms with E-state index in [0.29, 0.717) is 0 Å². The maximum absolute atomic E-state index is 5.48. The van der Waals surface area contributed by atoms with E-state index in [1.807, 2.05) is 12.3 Å². The first kappa shape index (κ1) is 18.5. The fraction of sp³-hybridized carbons (Fsp3) is 0.500. The molecule has 6 nitrogen and oxygen atoms in total. The number of pyridine rings is 1. The molecule has 0 saturated carbocycles. The number of rotatable bonds is 4. The largest absolute Gasteiger partial charge is 0.379 e. The molecule has 0 N–H and O–H groups in total. The van der Waals surface area contributed by atoms with Gasteiger partial charge in [-0.05, 0) is 37.6 Å². The minimum atomic E-state index is 0.278. The van der Waals surface area contributed by atoms with Gasteiger partial charge in [0, 0.05) is 67.5 Å². The Hall–Kier alpha value is -2.28. The quantitative estimate of drug-likeness (QED) is 0.670. The van der Waals surface area contributed by atoms with Crippen molar-refractivity contribution in [1.82, 2.24) is 24.6 Å². The number of nitrogens with zero attached hydrogens (tertiary/aromatic N) is 5. The highest BCUT2D eigenvalue weighted by atomic mass is 16.5. The number of morpholine rings is 1. The lowest BCUT2D eigenvalue weighted by atomic mass is 9.82. The second kappa shape index (κ2) is 7.45. The van der Waals surface area contributed by atoms with E-state index >= 15 is 0 Å². The molecule has 0 radical (unpaired) electrons. The topological polar surface area (TPSA) is 46.4 Å². The minimum Gasteiger partial charge on any atom is -0.379 e. The lowest BCUT2D eigenvalue weighted by Gasteiger charge is -2.29. The molecule has 0 amide bonds. The summed E-state index contributed by atoms with van der Waals surface area (Å²) in [4.78, 5) is 9.84. The van der Waals surface area contributed by atoms with Crippen molar-refractivity contribution in [2.24, 2.45) is 0 Å². The Labute approximate surface area is 177 Å². The van der Waals surface area contributed by atoms with Crippen LogP contribution in [0.4, 0.5) is 0 Å². The summed E-state index contributed by atoms with van der Waals surface area (Å²) in [6.45, 7) is 9.65. The van der Waals surface area contributed by atoms with Gasteiger partial charge in [0.1, 0.15) is 0 Å². The van der Waals surface area contributed by atoms with Crippen molar-refractivity contribution in [3.8, 4) is 11.3 Å². The number of likely N-dealkylation sites (tertiary alicyclic amines) is 1. The first-order valence-electron chi connectivity index (χ1n) is 11.3. The number of hydrogen-bond donors (Lipinski definition) is 0. The van der Waals surface area contributed by atoms with Crippen molar-refractivity contribution in [2.45, 2.75) is 24.8 Å². The number of hydrogen-bond acceptors (Lipinski definition) is 5. The molecule has 30 heavy (non-hydrogen) atoms. The maximum atomic E-state index is 5.48. The molecule has 3 aliphatic rings. The van der Waals surface area contributed by atoms with Crippen LogP contribution in [-0.2, 0) is 16.7 Å². The average molecular weight is 404 g/mol. The molecule has 3 aliphatic heterocycles. The van der Waals surface area contributed by atoms with E-state index in [2.05, 4.69) is 49.8 Å². The van der Waals surface area contributed by atoms with E-state index < -0.39 is 0 Å². The van der Waals surface area contributed by atoms with Crippen LogP contribution in [0.5, 0.6) is 0 Å². The zero-order valence-electron chi connectivity index (χ0n) is 17.5. The summed E-state index contributed by atoms with van der Waals surface area (Å²) in [5.41, 5.74) is 4.93. The molecular weight excluding hydrogens is 374 g/mol. The number of fused-ring (bicyclic) bond motifs is 3. The van der Waals surface area contributed by atoms with Crippen LogP contribution in [0.15, 0.2) is 42.6 Å². The molecule has 0 aliphatic carbocycles. The predicted octanol–water partition coefficient (Wildman–Crippen LogP) is 2.78. The molecule has 6 heteroatoms. The second-order valence-electron chi connectivity index (χ2n) is 9.07. The van der Waals surface area contributed by atoms with E-state index in [0.717, 1.165) is 62.7 Å². The Morgan fingerprint density at radius 1 is 0.933 bits per heavy atom. The lowest BCUT2D eigenvalue weighted by molar-refractivity contribution is 0.0342. The van der Waals surface area contributed by atoms with Crippen molar-refractivity contribution in [2.75, 3.05) is 52.5 Å². The van der Waals surface area contributed by atoms with Gasteiger partial charge in [-0.2, -0.15) is 5.10 Å². The molecule has 6 rings (SSSR count). The summed E-state index contributed by atoms with van der Waals surface area (Å²) >= 11 is 0. The highest BCUT2D eigenvalue weighted by Gasteiger charge is 2.45. The normalized spacial score (nSPS) is 24.8. The van der Waals surface area contributed by atoms with Gasteiger partial charge in [-0.3, -0.25) is 14.6 Å². The molecule has 1 atom stereocenters. The summed E-state index contributed by atoms with van der Waals surface area (Å²) in [5.74, 6) is 0. The molecule has 1 unspecified atom stereocenters. The van der Waals surface area contributed by atoms with Gasteiger partial charge in [0.2, 0.25) is 0 Å². The lowest BCUT2D eigenvalue weighted by Crippen LogP contribution is -2.41. The smallest absolute Gasteiger partial charge is 0.0941 e. The summed E-state index contributed by atoms with van der Waals surface area (Å²) < 4.78 is 7.74. The number of aryl methyl sites for hydroxylation is 1. The Balaban J connectivity index is 1.19. The number of benzene rings is 1. The summed E-state index contributed by atoms with van der Waals surface area (Å²) in [5, 5.41) is 6.14. The molecule has 1 spiro atoms. The molecule has 2 fully saturated rings. The number of aromatic nitrogens is 3. The van der Waals surface area contributed by atoms with Crippen LogP contribution in [0.2, 0.25) is 0 Å². The fourth-order valence-corrected chi connectivity index (χ4v) is 5.48. The highest BCUT2D eigenvalue weighted by molar-refractivity contribution is 5.82. The minimum absolute atomic E-state index is 0.278. The average Bonchev–Trinajstić information content (AvgIpc) is 3.50. The standard InChI is InChI=1S/C24H29N5O/c1-2-4-21-19(3-1)15-20(17-25-21)22-16-23-24(6-8-29(23)26-22)5-7-28(18-24)10-9-27-11-13-30-14-12-27/h1-4,15-17H,5-14,18H2. The molecule has 156 valence electrons. The van der Waals surface area contributed by atoms with Crippen molar-refractivity contribution >= 4 is 10.9 Å². The first-order chi connectivity index (χ1) is 14.8. The monoisotopic (exact) mass is 403 g/mol. The zero-order chi connectivity index (χ0) is 20.0. The Bertz CT molecular complexity index is 1060. The van der Waals surface area contributed by atoms with Crippen molar-refractivity contribution in [3.63, 3.8) is 0 Å². The fourth-order valence-electron chi connectivity index (χ4n) is 5.48. The van der Waals surface area contributed by atoms with Gasteiger partial charge in [0.05, 0.1) is 24.4 Å². The van der Waals surface area contributed by atoms with Gasteiger partial charge in [-0.1, -0.05) is 18.2 Å². The van der Waals surface area contributed by atoms with Crippen LogP contribution in [0, 0.1) is 0 Å². The van der Waals surface area contributed by atoms with Crippen molar-refractivity contribution in [1.29, 1.82) is 0 Å². The highest BCUT2D eigenvalue weighted by Crippen LogP contribution is 2.43. The molecule has 2 aromatic heterocycles. The molecular formula is C24H29N5O. The second-order valence-corrected chi connectivity index (χ2v) is 9.07. The van der Waals surface area contributed by atoms with Gasteiger partial charge in [-0.15, -0.1) is 0 Å². The first-order valence-corrected chi connectivity index (χ1v) is 11.3. The van der Waals surface area contributed by atoms with Crippen LogP contribution < -0.4 is 0 Å². The summed E-state index contributed by atoms with van der Waals surface area (Å²) in [7, 11) is 0. The van der Waals surface area contributed by atoms with Crippen LogP contribution in [-0.4, -0.2) is 77.0 Å². The van der Waals surface area contributed by atoms with Crippen LogP contribution in [0.3, 0.4) is 0 Å². The van der Waals surface area contributed by atoms with E-state index in [-0.39, 0.29) is 5.41 Å². The van der Waals surface area contributed by atoms with E-state index in [4.69, 9.17) is 9.84 Å². The molecule has 1 aromatic carbocycles. The van der Waals surface area contributed by atoms with Gasteiger partial charge in [0.25, 0.3) is 0 Å². The van der Waals surface area contributed by atoms with E-state index in [9.17, 15) is 0 Å². The molecule has 5 heterocycles. The van der Waals surface area contributed by atoms with Crippen LogP contribution in [0.25, 0.3) is 22.2 Å². The third-order valence-electron chi connectivity index (χ3n) is 7.28. The van der Waals surface area contributed by atoms with E-state index in [1.165, 1.54) is 37.0 Å². The third kappa shape index (κ3) is 3.23. The van der Waals surface area contributed by atoms with Crippen LogP contribution in [0.1, 0.15) is 18.5 Å². The van der Waals surface area contributed by atoms with Crippen LogP contribution >= 0.6 is 0 Å². The van der Waals surface area contributed by atoms with Crippen molar-refractivity contribution < 1.29 is 4.74 Å². The molecule has 3 aromatic rings. The number of ether oxygens (including phenoxy) is 1. The van der Waals surface area contributed by atoms with Gasteiger partial charge < -0.3 is 9.64 Å². The summed E-state index contributed by atoms with van der Waals surface area (Å²) in [6.07, 6.45) is 4.44. The SMILES string of the molecule is c1ccc2ncc(-c3cc4n(n3)CCC43CCN(CCN4CCOCC4)C3)cc2c1. The predicted molar refractivity (Wildman–Crippen MR) is 118 cm³/mol. The van der Waals surface area contributed by atoms with Crippen molar-refractivity contribution in [3.05, 3.63) is 48.3 Å². The Morgan fingerprint density at radius 3 is 2.70 bits per heavy atom. The zero-order valence-corrected chi connectivity index (χ0v) is 17.5. The van der Waals surface area contributed by atoms with Gasteiger partial charge >= 0.3 is 0 Å². The van der Waals surface area contributed by atoms with Gasteiger partial charge in [0.15, 0.2) is 0 Å². The van der Waals surface area contributed by atoms with E-state index in [1.54, 1.807) is 0 Å². The third-order valence-corrected chi connectivity index (χ3v) is 7.28.